The Balaban J connectivity index is 1.90. The van der Waals surface area contributed by atoms with Crippen LogP contribution in [-0.4, -0.2) is 13.7 Å². The van der Waals surface area contributed by atoms with Gasteiger partial charge in [0, 0.05) is 23.2 Å². The maximum atomic E-state index is 5.96. The Morgan fingerprint density at radius 2 is 2.24 bits per heavy atom. The van der Waals surface area contributed by atoms with Crippen LogP contribution in [-0.2, 0) is 6.42 Å². The highest BCUT2D eigenvalue weighted by Gasteiger charge is 2.01. The number of thiophene rings is 1. The predicted molar refractivity (Wildman–Crippen MR) is 74.5 cm³/mol. The van der Waals surface area contributed by atoms with Crippen molar-refractivity contribution in [3.8, 4) is 5.75 Å². The fourth-order valence-electron chi connectivity index (χ4n) is 1.55. The van der Waals surface area contributed by atoms with Crippen LogP contribution in [0.25, 0.3) is 0 Å². The monoisotopic (exact) mass is 267 g/mol. The van der Waals surface area contributed by atoms with Gasteiger partial charge in [-0.05, 0) is 30.0 Å². The van der Waals surface area contributed by atoms with Crippen LogP contribution in [0.2, 0.25) is 5.02 Å². The zero-order valence-corrected chi connectivity index (χ0v) is 11.1. The number of rotatable bonds is 5. The molecule has 0 unspecified atom stereocenters. The Labute approximate surface area is 110 Å². The van der Waals surface area contributed by atoms with Crippen LogP contribution < -0.4 is 10.1 Å². The van der Waals surface area contributed by atoms with Crippen molar-refractivity contribution >= 4 is 28.6 Å². The fraction of sp³-hybridized carbons (Fsp3) is 0.231. The standard InChI is InChI=1S/C13H14ClNOS/c1-16-13-9-10(4-5-12(13)14)15-7-6-11-3-2-8-17-11/h2-5,8-9,15H,6-7H2,1H3. The van der Waals surface area contributed by atoms with Gasteiger partial charge in [-0.25, -0.2) is 0 Å². The summed E-state index contributed by atoms with van der Waals surface area (Å²) in [7, 11) is 1.62. The van der Waals surface area contributed by atoms with Gasteiger partial charge < -0.3 is 10.1 Å². The molecule has 2 rings (SSSR count). The number of halogens is 1. The third-order valence-electron chi connectivity index (χ3n) is 2.43. The summed E-state index contributed by atoms with van der Waals surface area (Å²) in [6.45, 7) is 0.908. The minimum atomic E-state index is 0.635. The fourth-order valence-corrected chi connectivity index (χ4v) is 2.46. The van der Waals surface area contributed by atoms with E-state index in [2.05, 4.69) is 22.8 Å². The van der Waals surface area contributed by atoms with E-state index in [1.54, 1.807) is 18.4 Å². The van der Waals surface area contributed by atoms with Gasteiger partial charge >= 0.3 is 0 Å². The van der Waals surface area contributed by atoms with Crippen molar-refractivity contribution in [3.63, 3.8) is 0 Å². The summed E-state index contributed by atoms with van der Waals surface area (Å²) in [4.78, 5) is 1.39. The molecule has 0 atom stereocenters. The number of nitrogens with one attached hydrogen (secondary N) is 1. The van der Waals surface area contributed by atoms with Crippen LogP contribution in [0, 0.1) is 0 Å². The molecule has 2 nitrogen and oxygen atoms in total. The van der Waals surface area contributed by atoms with Crippen molar-refractivity contribution in [1.82, 2.24) is 0 Å². The summed E-state index contributed by atoms with van der Waals surface area (Å²) >= 11 is 7.74. The third kappa shape index (κ3) is 3.38. The van der Waals surface area contributed by atoms with Gasteiger partial charge in [-0.1, -0.05) is 17.7 Å². The maximum absolute atomic E-state index is 5.96. The lowest BCUT2D eigenvalue weighted by molar-refractivity contribution is 0.415. The van der Waals surface area contributed by atoms with Gasteiger partial charge in [-0.2, -0.15) is 0 Å². The first-order valence-electron chi connectivity index (χ1n) is 5.39. The highest BCUT2D eigenvalue weighted by atomic mass is 35.5. The summed E-state index contributed by atoms with van der Waals surface area (Å²) in [6, 6.07) is 9.93. The Morgan fingerprint density at radius 3 is 2.94 bits per heavy atom. The van der Waals surface area contributed by atoms with Crippen LogP contribution >= 0.6 is 22.9 Å². The van der Waals surface area contributed by atoms with E-state index in [-0.39, 0.29) is 0 Å². The molecule has 0 fully saturated rings. The Morgan fingerprint density at radius 1 is 1.35 bits per heavy atom. The minimum Gasteiger partial charge on any atom is -0.495 e. The zero-order chi connectivity index (χ0) is 12.1. The molecular formula is C13H14ClNOS. The van der Waals surface area contributed by atoms with E-state index in [0.717, 1.165) is 18.7 Å². The number of anilines is 1. The zero-order valence-electron chi connectivity index (χ0n) is 9.57. The van der Waals surface area contributed by atoms with E-state index in [1.165, 1.54) is 4.88 Å². The van der Waals surface area contributed by atoms with E-state index in [0.29, 0.717) is 10.8 Å². The molecule has 1 aromatic carbocycles. The molecule has 0 bridgehead atoms. The molecule has 0 saturated heterocycles. The topological polar surface area (TPSA) is 21.3 Å². The van der Waals surface area contributed by atoms with E-state index in [4.69, 9.17) is 16.3 Å². The van der Waals surface area contributed by atoms with Crippen molar-refractivity contribution < 1.29 is 4.74 Å². The molecule has 0 aliphatic carbocycles. The number of hydrogen-bond donors (Lipinski definition) is 1. The van der Waals surface area contributed by atoms with Gasteiger partial charge in [-0.3, -0.25) is 0 Å². The molecule has 1 heterocycles. The lowest BCUT2D eigenvalue weighted by Crippen LogP contribution is -2.03. The normalized spacial score (nSPS) is 10.2. The van der Waals surface area contributed by atoms with Crippen LogP contribution in [0.4, 0.5) is 5.69 Å². The quantitative estimate of drug-likeness (QED) is 0.882. The van der Waals surface area contributed by atoms with Gasteiger partial charge in [0.2, 0.25) is 0 Å². The largest absolute Gasteiger partial charge is 0.495 e. The van der Waals surface area contributed by atoms with Crippen molar-refractivity contribution in [2.75, 3.05) is 19.0 Å². The second kappa shape index (κ2) is 5.94. The number of benzene rings is 1. The molecule has 1 aromatic heterocycles. The Bertz CT molecular complexity index is 470. The molecule has 0 aliphatic heterocycles. The molecule has 0 spiro atoms. The van der Waals surface area contributed by atoms with Crippen molar-refractivity contribution in [1.29, 1.82) is 0 Å². The van der Waals surface area contributed by atoms with Gasteiger partial charge in [0.25, 0.3) is 0 Å². The second-order valence-corrected chi connectivity index (χ2v) is 5.04. The van der Waals surface area contributed by atoms with Crippen LogP contribution in [0.5, 0.6) is 5.75 Å². The first kappa shape index (κ1) is 12.3. The molecule has 0 saturated carbocycles. The Kier molecular flexibility index (Phi) is 4.29. The second-order valence-electron chi connectivity index (χ2n) is 3.61. The third-order valence-corrected chi connectivity index (χ3v) is 3.68. The SMILES string of the molecule is COc1cc(NCCc2cccs2)ccc1Cl. The minimum absolute atomic E-state index is 0.635. The molecule has 1 N–H and O–H groups in total. The summed E-state index contributed by atoms with van der Waals surface area (Å²) in [5, 5.41) is 6.09. The van der Waals surface area contributed by atoms with Crippen molar-refractivity contribution in [3.05, 3.63) is 45.6 Å². The number of hydrogen-bond acceptors (Lipinski definition) is 3. The van der Waals surface area contributed by atoms with E-state index in [9.17, 15) is 0 Å². The van der Waals surface area contributed by atoms with E-state index in [1.807, 2.05) is 18.2 Å². The summed E-state index contributed by atoms with van der Waals surface area (Å²) in [5.74, 6) is 0.702. The number of ether oxygens (including phenoxy) is 1. The van der Waals surface area contributed by atoms with Crippen LogP contribution in [0.15, 0.2) is 35.7 Å². The highest BCUT2D eigenvalue weighted by Crippen LogP contribution is 2.27. The van der Waals surface area contributed by atoms with Crippen LogP contribution in [0.1, 0.15) is 4.88 Å². The smallest absolute Gasteiger partial charge is 0.139 e. The molecule has 0 aliphatic rings. The average molecular weight is 268 g/mol. The molecule has 17 heavy (non-hydrogen) atoms. The molecular weight excluding hydrogens is 254 g/mol. The Hall–Kier alpha value is -1.19. The first-order chi connectivity index (χ1) is 8.29. The summed E-state index contributed by atoms with van der Waals surface area (Å²) in [5.41, 5.74) is 1.03. The van der Waals surface area contributed by atoms with Gasteiger partial charge in [0.1, 0.15) is 5.75 Å². The van der Waals surface area contributed by atoms with Crippen molar-refractivity contribution in [2.24, 2.45) is 0 Å². The average Bonchev–Trinajstić information content (AvgIpc) is 2.84. The first-order valence-corrected chi connectivity index (χ1v) is 6.65. The predicted octanol–water partition coefficient (Wildman–Crippen LogP) is 4.06. The summed E-state index contributed by atoms with van der Waals surface area (Å²) < 4.78 is 5.17. The highest BCUT2D eigenvalue weighted by molar-refractivity contribution is 7.09. The van der Waals surface area contributed by atoms with Gasteiger partial charge in [0.05, 0.1) is 12.1 Å². The lowest BCUT2D eigenvalue weighted by Gasteiger charge is -2.08. The molecule has 4 heteroatoms. The molecule has 2 aromatic rings. The van der Waals surface area contributed by atoms with Crippen molar-refractivity contribution in [2.45, 2.75) is 6.42 Å². The van der Waals surface area contributed by atoms with E-state index < -0.39 is 0 Å². The molecule has 90 valence electrons. The number of methoxy groups -OCH3 is 1. The van der Waals surface area contributed by atoms with E-state index >= 15 is 0 Å². The lowest BCUT2D eigenvalue weighted by atomic mass is 10.3. The summed E-state index contributed by atoms with van der Waals surface area (Å²) in [6.07, 6.45) is 1.03. The molecule has 0 radical (unpaired) electrons. The van der Waals surface area contributed by atoms with Gasteiger partial charge in [-0.15, -0.1) is 11.3 Å². The van der Waals surface area contributed by atoms with Crippen LogP contribution in [0.3, 0.4) is 0 Å². The molecule has 0 amide bonds. The maximum Gasteiger partial charge on any atom is 0.139 e. The van der Waals surface area contributed by atoms with Gasteiger partial charge in [0.15, 0.2) is 0 Å².